The summed E-state index contributed by atoms with van der Waals surface area (Å²) in [6.45, 7) is 4.75. The molecule has 0 unspecified atom stereocenters. The van der Waals surface area contributed by atoms with Gasteiger partial charge < -0.3 is 9.47 Å². The molecular formula is C25H27BrN2O3. The zero-order valence-electron chi connectivity index (χ0n) is 17.8. The number of carbonyl (C=O) groups is 1. The molecule has 0 radical (unpaired) electrons. The number of benzene rings is 3. The SMILES string of the molecule is CCCCOc1ccc(/C=N\NC(=O)[C@@H](CC)Oc2ccc3ccccc3c2Br)cc1. The van der Waals surface area contributed by atoms with Crippen molar-refractivity contribution in [3.8, 4) is 11.5 Å². The van der Waals surface area contributed by atoms with Crippen LogP contribution in [0.2, 0.25) is 0 Å². The summed E-state index contributed by atoms with van der Waals surface area (Å²) in [5, 5.41) is 6.21. The third-order valence-corrected chi connectivity index (χ3v) is 5.61. The van der Waals surface area contributed by atoms with E-state index in [1.54, 1.807) is 6.21 Å². The summed E-state index contributed by atoms with van der Waals surface area (Å²) in [4.78, 5) is 12.6. The second-order valence-corrected chi connectivity index (χ2v) is 7.91. The van der Waals surface area contributed by atoms with Crippen molar-refractivity contribution in [2.75, 3.05) is 6.61 Å². The van der Waals surface area contributed by atoms with Gasteiger partial charge in [0.15, 0.2) is 6.10 Å². The maximum Gasteiger partial charge on any atom is 0.281 e. The van der Waals surface area contributed by atoms with Crippen LogP contribution in [0.3, 0.4) is 0 Å². The first kappa shape index (κ1) is 22.8. The predicted molar refractivity (Wildman–Crippen MR) is 129 cm³/mol. The van der Waals surface area contributed by atoms with E-state index in [1.807, 2.05) is 67.6 Å². The van der Waals surface area contributed by atoms with Crippen LogP contribution in [0.15, 0.2) is 70.2 Å². The van der Waals surface area contributed by atoms with Gasteiger partial charge in [-0.25, -0.2) is 5.43 Å². The lowest BCUT2D eigenvalue weighted by molar-refractivity contribution is -0.128. The molecule has 1 amide bonds. The molecular weight excluding hydrogens is 456 g/mol. The largest absolute Gasteiger partial charge is 0.494 e. The quantitative estimate of drug-likeness (QED) is 0.216. The molecule has 0 aliphatic carbocycles. The van der Waals surface area contributed by atoms with Crippen molar-refractivity contribution in [2.45, 2.75) is 39.2 Å². The highest BCUT2D eigenvalue weighted by Crippen LogP contribution is 2.33. The molecule has 0 saturated carbocycles. The summed E-state index contributed by atoms with van der Waals surface area (Å²) >= 11 is 3.60. The van der Waals surface area contributed by atoms with Gasteiger partial charge in [0.25, 0.3) is 5.91 Å². The van der Waals surface area contributed by atoms with Crippen molar-refractivity contribution >= 4 is 38.8 Å². The van der Waals surface area contributed by atoms with Crippen LogP contribution in [-0.2, 0) is 4.79 Å². The Bertz CT molecular complexity index is 1030. The molecule has 162 valence electrons. The minimum Gasteiger partial charge on any atom is -0.494 e. The molecule has 0 spiro atoms. The number of hydrogen-bond donors (Lipinski definition) is 1. The van der Waals surface area contributed by atoms with Gasteiger partial charge in [0, 0.05) is 0 Å². The van der Waals surface area contributed by atoms with Crippen molar-refractivity contribution in [1.82, 2.24) is 5.43 Å². The van der Waals surface area contributed by atoms with Gasteiger partial charge >= 0.3 is 0 Å². The van der Waals surface area contributed by atoms with Gasteiger partial charge in [-0.3, -0.25) is 4.79 Å². The molecule has 0 aromatic heterocycles. The highest BCUT2D eigenvalue weighted by atomic mass is 79.9. The van der Waals surface area contributed by atoms with Crippen LogP contribution in [-0.4, -0.2) is 24.8 Å². The Morgan fingerprint density at radius 2 is 1.87 bits per heavy atom. The Hall–Kier alpha value is -2.86. The topological polar surface area (TPSA) is 59.9 Å². The molecule has 1 atom stereocenters. The third-order valence-electron chi connectivity index (χ3n) is 4.80. The van der Waals surface area contributed by atoms with Gasteiger partial charge in [-0.15, -0.1) is 0 Å². The standard InChI is InChI=1S/C25H27BrN2O3/c1-3-5-16-30-20-13-10-18(11-14-20)17-27-28-25(29)22(4-2)31-23-15-12-19-8-6-7-9-21(19)24(23)26/h6-15,17,22H,3-5,16H2,1-2H3,(H,28,29)/b27-17-/t22-/m1/s1. The number of hydrazone groups is 1. The van der Waals surface area contributed by atoms with Gasteiger partial charge in [-0.1, -0.05) is 50.6 Å². The summed E-state index contributed by atoms with van der Waals surface area (Å²) in [5.41, 5.74) is 3.44. The summed E-state index contributed by atoms with van der Waals surface area (Å²) in [7, 11) is 0. The number of unbranched alkanes of at least 4 members (excludes halogenated alkanes) is 1. The van der Waals surface area contributed by atoms with Gasteiger partial charge in [-0.05, 0) is 75.4 Å². The minimum atomic E-state index is -0.649. The first-order chi connectivity index (χ1) is 15.1. The Labute approximate surface area is 191 Å². The normalized spacial score (nSPS) is 12.1. The maximum absolute atomic E-state index is 12.6. The lowest BCUT2D eigenvalue weighted by Crippen LogP contribution is -2.35. The molecule has 0 aliphatic heterocycles. The monoisotopic (exact) mass is 482 g/mol. The summed E-state index contributed by atoms with van der Waals surface area (Å²) in [5.74, 6) is 1.16. The molecule has 5 nitrogen and oxygen atoms in total. The predicted octanol–water partition coefficient (Wildman–Crippen LogP) is 6.09. The van der Waals surface area contributed by atoms with E-state index >= 15 is 0 Å². The molecule has 3 rings (SSSR count). The van der Waals surface area contributed by atoms with Crippen LogP contribution in [0, 0.1) is 0 Å². The first-order valence-corrected chi connectivity index (χ1v) is 11.3. The maximum atomic E-state index is 12.6. The molecule has 6 heteroatoms. The lowest BCUT2D eigenvalue weighted by Gasteiger charge is -2.17. The zero-order valence-corrected chi connectivity index (χ0v) is 19.4. The number of hydrogen-bond acceptors (Lipinski definition) is 4. The number of rotatable bonds is 10. The van der Waals surface area contributed by atoms with E-state index in [0.29, 0.717) is 18.8 Å². The number of amides is 1. The first-order valence-electron chi connectivity index (χ1n) is 10.5. The van der Waals surface area contributed by atoms with E-state index in [1.165, 1.54) is 0 Å². The molecule has 0 bridgehead atoms. The van der Waals surface area contributed by atoms with Crippen molar-refractivity contribution in [1.29, 1.82) is 0 Å². The van der Waals surface area contributed by atoms with E-state index in [9.17, 15) is 4.79 Å². The van der Waals surface area contributed by atoms with Crippen molar-refractivity contribution in [3.63, 3.8) is 0 Å². The van der Waals surface area contributed by atoms with Crippen molar-refractivity contribution in [2.24, 2.45) is 5.10 Å². The molecule has 1 N–H and O–H groups in total. The van der Waals surface area contributed by atoms with Crippen LogP contribution < -0.4 is 14.9 Å². The third kappa shape index (κ3) is 6.31. The molecule has 0 fully saturated rings. The van der Waals surface area contributed by atoms with E-state index in [-0.39, 0.29) is 5.91 Å². The molecule has 0 aliphatic rings. The molecule has 3 aromatic rings. The van der Waals surface area contributed by atoms with Gasteiger partial charge in [-0.2, -0.15) is 5.10 Å². The van der Waals surface area contributed by atoms with Gasteiger partial charge in [0.2, 0.25) is 0 Å². The number of halogens is 1. The molecule has 31 heavy (non-hydrogen) atoms. The molecule has 0 saturated heterocycles. The minimum absolute atomic E-state index is 0.293. The summed E-state index contributed by atoms with van der Waals surface area (Å²) < 4.78 is 12.5. The Balaban J connectivity index is 1.58. The van der Waals surface area contributed by atoms with Crippen LogP contribution in [0.5, 0.6) is 11.5 Å². The number of carbonyl (C=O) groups excluding carboxylic acids is 1. The zero-order chi connectivity index (χ0) is 22.1. The van der Waals surface area contributed by atoms with Crippen LogP contribution >= 0.6 is 15.9 Å². The number of fused-ring (bicyclic) bond motifs is 1. The van der Waals surface area contributed by atoms with E-state index in [0.717, 1.165) is 39.4 Å². The number of nitrogens with one attached hydrogen (secondary N) is 1. The fourth-order valence-electron chi connectivity index (χ4n) is 3.01. The Morgan fingerprint density at radius 3 is 2.61 bits per heavy atom. The second kappa shape index (κ2) is 11.5. The fourth-order valence-corrected chi connectivity index (χ4v) is 3.59. The average molecular weight is 483 g/mol. The fraction of sp³-hybridized carbons (Fsp3) is 0.280. The van der Waals surface area contributed by atoms with Crippen LogP contribution in [0.4, 0.5) is 0 Å². The molecule has 0 heterocycles. The van der Waals surface area contributed by atoms with E-state index in [2.05, 4.69) is 33.4 Å². The van der Waals surface area contributed by atoms with Crippen LogP contribution in [0.1, 0.15) is 38.7 Å². The van der Waals surface area contributed by atoms with Crippen LogP contribution in [0.25, 0.3) is 10.8 Å². The van der Waals surface area contributed by atoms with E-state index in [4.69, 9.17) is 9.47 Å². The lowest BCUT2D eigenvalue weighted by atomic mass is 10.1. The molecule has 3 aromatic carbocycles. The van der Waals surface area contributed by atoms with Gasteiger partial charge in [0.05, 0.1) is 17.3 Å². The average Bonchev–Trinajstić information content (AvgIpc) is 2.80. The summed E-state index contributed by atoms with van der Waals surface area (Å²) in [6.07, 6.45) is 3.61. The number of nitrogens with zero attached hydrogens (tertiary/aromatic N) is 1. The van der Waals surface area contributed by atoms with Crippen molar-refractivity contribution in [3.05, 3.63) is 70.7 Å². The Morgan fingerprint density at radius 1 is 1.10 bits per heavy atom. The van der Waals surface area contributed by atoms with Crippen molar-refractivity contribution < 1.29 is 14.3 Å². The second-order valence-electron chi connectivity index (χ2n) is 7.12. The Kier molecular flexibility index (Phi) is 8.47. The van der Waals surface area contributed by atoms with Gasteiger partial charge in [0.1, 0.15) is 11.5 Å². The smallest absolute Gasteiger partial charge is 0.281 e. The highest BCUT2D eigenvalue weighted by Gasteiger charge is 2.19. The summed E-state index contributed by atoms with van der Waals surface area (Å²) in [6, 6.07) is 19.5. The van der Waals surface area contributed by atoms with E-state index < -0.39 is 6.10 Å². The number of ether oxygens (including phenoxy) is 2. The highest BCUT2D eigenvalue weighted by molar-refractivity contribution is 9.10.